The summed E-state index contributed by atoms with van der Waals surface area (Å²) in [5.41, 5.74) is 1.65. The number of nitrogens with zero attached hydrogens (tertiary/aromatic N) is 3. The van der Waals surface area contributed by atoms with Gasteiger partial charge in [-0.2, -0.15) is 11.8 Å². The normalized spacial score (nSPS) is 12.6. The van der Waals surface area contributed by atoms with E-state index in [0.29, 0.717) is 21.9 Å². The van der Waals surface area contributed by atoms with Crippen LogP contribution in [0.3, 0.4) is 0 Å². The number of carbonyl (C=O) groups is 1. The van der Waals surface area contributed by atoms with Crippen molar-refractivity contribution in [1.82, 2.24) is 10.2 Å². The van der Waals surface area contributed by atoms with Crippen molar-refractivity contribution in [2.75, 3.05) is 16.9 Å². The van der Waals surface area contributed by atoms with Crippen LogP contribution in [0.2, 0.25) is 5.02 Å². The quantitative estimate of drug-likeness (QED) is 0.490. The fraction of sp³-hybridized carbons (Fsp3) is 0.167. The summed E-state index contributed by atoms with van der Waals surface area (Å²) in [7, 11) is 0. The van der Waals surface area contributed by atoms with Crippen LogP contribution in [0.15, 0.2) is 61.9 Å². The molecule has 0 saturated carbocycles. The number of para-hydroxylation sites is 1. The first kappa shape index (κ1) is 18.7. The Hall–Kier alpha value is -1.61. The summed E-state index contributed by atoms with van der Waals surface area (Å²) in [4.78, 5) is 16.9. The van der Waals surface area contributed by atoms with E-state index in [0.717, 1.165) is 21.2 Å². The summed E-state index contributed by atoms with van der Waals surface area (Å²) < 4.78 is 5.54. The van der Waals surface area contributed by atoms with Gasteiger partial charge in [0.2, 0.25) is 11.8 Å². The van der Waals surface area contributed by atoms with E-state index in [4.69, 9.17) is 16.0 Å². The smallest absolute Gasteiger partial charge is 0.277 e. The zero-order valence-electron chi connectivity index (χ0n) is 14.2. The molecule has 9 heteroatoms. The van der Waals surface area contributed by atoms with E-state index in [-0.39, 0.29) is 11.7 Å². The number of hydrogen-bond donors (Lipinski definition) is 0. The maximum Gasteiger partial charge on any atom is 0.277 e. The Morgan fingerprint density at radius 1 is 1.19 bits per heavy atom. The second-order valence-electron chi connectivity index (χ2n) is 5.59. The topological polar surface area (TPSA) is 59.2 Å². The largest absolute Gasteiger partial charge is 0.415 e. The van der Waals surface area contributed by atoms with Gasteiger partial charge in [-0.1, -0.05) is 47.3 Å². The van der Waals surface area contributed by atoms with Crippen molar-refractivity contribution >= 4 is 64.2 Å². The van der Waals surface area contributed by atoms with Crippen LogP contribution in [0.25, 0.3) is 0 Å². The van der Waals surface area contributed by atoms with Gasteiger partial charge >= 0.3 is 0 Å². The van der Waals surface area contributed by atoms with Crippen LogP contribution >= 0.6 is 46.9 Å². The van der Waals surface area contributed by atoms with Crippen molar-refractivity contribution in [2.45, 2.75) is 20.8 Å². The Labute approximate surface area is 174 Å². The first-order valence-electron chi connectivity index (χ1n) is 7.99. The fourth-order valence-corrected chi connectivity index (χ4v) is 4.86. The molecule has 2 aromatic carbocycles. The van der Waals surface area contributed by atoms with Crippen molar-refractivity contribution in [3.63, 3.8) is 0 Å². The molecule has 4 rings (SSSR count). The summed E-state index contributed by atoms with van der Waals surface area (Å²) in [5.74, 6) is 1.34. The Morgan fingerprint density at radius 3 is 2.85 bits per heavy atom. The summed E-state index contributed by atoms with van der Waals surface area (Å²) in [5, 5.41) is 8.96. The molecule has 0 unspecified atom stereocenters. The second-order valence-corrected chi connectivity index (χ2v) is 8.91. The van der Waals surface area contributed by atoms with Crippen LogP contribution < -0.4 is 4.90 Å². The highest BCUT2D eigenvalue weighted by atomic mass is 35.5. The molecule has 138 valence electrons. The molecular weight excluding hydrogens is 422 g/mol. The van der Waals surface area contributed by atoms with Crippen molar-refractivity contribution < 1.29 is 9.21 Å². The molecule has 3 aromatic rings. The van der Waals surface area contributed by atoms with Gasteiger partial charge in [-0.15, -0.1) is 10.2 Å². The van der Waals surface area contributed by atoms with Crippen LogP contribution in [0.1, 0.15) is 5.89 Å². The van der Waals surface area contributed by atoms with Crippen LogP contribution in [-0.4, -0.2) is 28.1 Å². The molecule has 1 amide bonds. The minimum Gasteiger partial charge on any atom is -0.415 e. The zero-order valence-corrected chi connectivity index (χ0v) is 17.4. The van der Waals surface area contributed by atoms with Gasteiger partial charge in [0.05, 0.1) is 22.9 Å². The lowest BCUT2D eigenvalue weighted by molar-refractivity contribution is -0.115. The average molecular weight is 436 g/mol. The number of aromatic nitrogens is 2. The van der Waals surface area contributed by atoms with Crippen molar-refractivity contribution in [1.29, 1.82) is 0 Å². The average Bonchev–Trinajstić information content (AvgIpc) is 3.12. The number of carbonyl (C=O) groups excluding carboxylic acids is 1. The molecule has 0 fully saturated rings. The molecule has 5 nitrogen and oxygen atoms in total. The van der Waals surface area contributed by atoms with E-state index in [2.05, 4.69) is 10.2 Å². The first-order chi connectivity index (χ1) is 13.2. The molecule has 1 aliphatic heterocycles. The maximum absolute atomic E-state index is 13.1. The monoisotopic (exact) mass is 435 g/mol. The van der Waals surface area contributed by atoms with Gasteiger partial charge < -0.3 is 4.42 Å². The van der Waals surface area contributed by atoms with Gasteiger partial charge in [-0.25, -0.2) is 0 Å². The number of rotatable bonds is 5. The minimum atomic E-state index is -0.0686. The lowest BCUT2D eigenvalue weighted by Crippen LogP contribution is -2.30. The van der Waals surface area contributed by atoms with Gasteiger partial charge in [-0.05, 0) is 36.6 Å². The van der Waals surface area contributed by atoms with Crippen molar-refractivity contribution in [2.24, 2.45) is 0 Å². The molecule has 2 heterocycles. The van der Waals surface area contributed by atoms with E-state index >= 15 is 0 Å². The van der Waals surface area contributed by atoms with E-state index in [1.807, 2.05) is 48.7 Å². The second kappa shape index (κ2) is 8.18. The third-order valence-electron chi connectivity index (χ3n) is 3.77. The van der Waals surface area contributed by atoms with Crippen molar-refractivity contribution in [3.8, 4) is 0 Å². The van der Waals surface area contributed by atoms with Crippen molar-refractivity contribution in [3.05, 3.63) is 53.4 Å². The van der Waals surface area contributed by atoms with Crippen LogP contribution in [0.5, 0.6) is 0 Å². The van der Waals surface area contributed by atoms with E-state index in [1.54, 1.807) is 28.4 Å². The Bertz CT molecular complexity index is 995. The number of halogens is 1. The Morgan fingerprint density at radius 2 is 2.00 bits per heavy atom. The molecule has 0 radical (unpaired) electrons. The summed E-state index contributed by atoms with van der Waals surface area (Å²) >= 11 is 10.7. The van der Waals surface area contributed by atoms with Gasteiger partial charge in [0, 0.05) is 14.8 Å². The predicted molar refractivity (Wildman–Crippen MR) is 111 cm³/mol. The molecule has 0 saturated heterocycles. The molecular formula is C18H14ClN3O2S3. The predicted octanol–water partition coefficient (Wildman–Crippen LogP) is 5.51. The summed E-state index contributed by atoms with van der Waals surface area (Å²) in [6, 6.07) is 13.5. The number of amides is 1. The number of hydrogen-bond acceptors (Lipinski definition) is 7. The van der Waals surface area contributed by atoms with E-state index < -0.39 is 0 Å². The number of benzene rings is 2. The molecule has 0 bridgehead atoms. The van der Waals surface area contributed by atoms with Gasteiger partial charge in [-0.3, -0.25) is 9.69 Å². The molecule has 0 aliphatic carbocycles. The first-order valence-corrected chi connectivity index (χ1v) is 11.6. The number of anilines is 2. The lowest BCUT2D eigenvalue weighted by atomic mass is 10.2. The standard InChI is InChI=1S/C18H14ClN3O2S3/c1-25-9-16-20-21-18(24-16)26-10-17(23)22-12-4-2-3-5-14(12)27-15-7-6-11(19)8-13(15)22/h2-8H,9-10H2,1H3. The summed E-state index contributed by atoms with van der Waals surface area (Å²) in [6.07, 6.45) is 1.97. The zero-order chi connectivity index (χ0) is 18.8. The third-order valence-corrected chi connectivity index (χ3v) is 6.48. The van der Waals surface area contributed by atoms with Gasteiger partial charge in [0.1, 0.15) is 0 Å². The SMILES string of the molecule is CSCc1nnc(SCC(=O)N2c3ccccc3Sc3ccc(Cl)cc32)o1. The molecule has 1 aromatic heterocycles. The summed E-state index contributed by atoms with van der Waals surface area (Å²) in [6.45, 7) is 0. The van der Waals surface area contributed by atoms with E-state index in [9.17, 15) is 4.79 Å². The van der Waals surface area contributed by atoms with Crippen LogP contribution in [0, 0.1) is 0 Å². The Balaban J connectivity index is 1.60. The molecule has 27 heavy (non-hydrogen) atoms. The molecule has 0 N–H and O–H groups in total. The van der Waals surface area contributed by atoms with E-state index in [1.165, 1.54) is 11.8 Å². The highest BCUT2D eigenvalue weighted by Crippen LogP contribution is 2.49. The van der Waals surface area contributed by atoms with Gasteiger partial charge in [0.15, 0.2) is 0 Å². The molecule has 1 aliphatic rings. The van der Waals surface area contributed by atoms with Gasteiger partial charge in [0.25, 0.3) is 5.22 Å². The molecule has 0 atom stereocenters. The van der Waals surface area contributed by atoms with Crippen LogP contribution in [-0.2, 0) is 10.5 Å². The van der Waals surface area contributed by atoms with Crippen LogP contribution in [0.4, 0.5) is 11.4 Å². The number of thioether (sulfide) groups is 2. The number of fused-ring (bicyclic) bond motifs is 2. The minimum absolute atomic E-state index is 0.0686. The molecule has 0 spiro atoms. The highest BCUT2D eigenvalue weighted by molar-refractivity contribution is 8.00. The highest BCUT2D eigenvalue weighted by Gasteiger charge is 2.28. The third kappa shape index (κ3) is 3.99. The lowest BCUT2D eigenvalue weighted by Gasteiger charge is -2.31. The Kier molecular flexibility index (Phi) is 5.68. The fourth-order valence-electron chi connectivity index (χ4n) is 2.66. The maximum atomic E-state index is 13.1.